The van der Waals surface area contributed by atoms with Gasteiger partial charge in [0.15, 0.2) is 0 Å². The molecule has 11 heteroatoms. The minimum atomic E-state index is -5.01. The molecule has 3 aromatic rings. The summed E-state index contributed by atoms with van der Waals surface area (Å²) in [4.78, 5) is 31.7. The molecule has 0 aliphatic heterocycles. The summed E-state index contributed by atoms with van der Waals surface area (Å²) in [6.07, 6.45) is -3.82. The smallest absolute Gasteiger partial charge is 0.417 e. The van der Waals surface area contributed by atoms with Crippen LogP contribution in [0.5, 0.6) is 5.88 Å². The normalized spacial score (nSPS) is 13.6. The fourth-order valence-corrected chi connectivity index (χ4v) is 3.58. The molecule has 1 amide bonds. The number of ether oxygens (including phenoxy) is 1. The van der Waals surface area contributed by atoms with Gasteiger partial charge in [0.25, 0.3) is 5.56 Å². The number of fused-ring (bicyclic) bond motifs is 1. The summed E-state index contributed by atoms with van der Waals surface area (Å²) in [7, 11) is 0. The van der Waals surface area contributed by atoms with Gasteiger partial charge in [0, 0.05) is 23.4 Å². The highest BCUT2D eigenvalue weighted by molar-refractivity contribution is 5.91. The number of nitrogens with one attached hydrogen (secondary N) is 2. The standard InChI is InChI=1S/C22H20F5N3O3/c1-4-33-21-17-15(7-8-28-21)30-20(32)16(18(17)22(25,26)27)10(2)19(31)29-11(3)13-6-5-12(23)9-14(13)24/h5-11H,4H2,1-3H3,(H,29,31)(H,30,32)/t10-,11-/m0/s1. The van der Waals surface area contributed by atoms with E-state index in [4.69, 9.17) is 4.74 Å². The number of nitrogens with zero attached hydrogens (tertiary/aromatic N) is 1. The first kappa shape index (κ1) is 24.1. The molecular weight excluding hydrogens is 449 g/mol. The molecule has 33 heavy (non-hydrogen) atoms. The summed E-state index contributed by atoms with van der Waals surface area (Å²) in [5.41, 5.74) is -3.48. The van der Waals surface area contributed by atoms with Crippen molar-refractivity contribution in [3.05, 3.63) is 69.1 Å². The van der Waals surface area contributed by atoms with Gasteiger partial charge in [-0.25, -0.2) is 13.8 Å². The van der Waals surface area contributed by atoms with Crippen LogP contribution in [0.25, 0.3) is 10.9 Å². The topological polar surface area (TPSA) is 84.1 Å². The van der Waals surface area contributed by atoms with Gasteiger partial charge in [-0.3, -0.25) is 9.59 Å². The van der Waals surface area contributed by atoms with E-state index >= 15 is 0 Å². The zero-order chi connectivity index (χ0) is 24.5. The van der Waals surface area contributed by atoms with Gasteiger partial charge in [-0.1, -0.05) is 6.07 Å². The van der Waals surface area contributed by atoms with Crippen molar-refractivity contribution in [3.63, 3.8) is 0 Å². The second-order valence-corrected chi connectivity index (χ2v) is 7.33. The monoisotopic (exact) mass is 469 g/mol. The number of carbonyl (C=O) groups excluding carboxylic acids is 1. The number of alkyl halides is 3. The maximum absolute atomic E-state index is 14.2. The molecule has 0 bridgehead atoms. The highest BCUT2D eigenvalue weighted by Crippen LogP contribution is 2.41. The van der Waals surface area contributed by atoms with Crippen LogP contribution in [0.2, 0.25) is 0 Å². The van der Waals surface area contributed by atoms with Crippen molar-refractivity contribution in [2.45, 2.75) is 38.9 Å². The molecule has 2 N–H and O–H groups in total. The Morgan fingerprint density at radius 1 is 1.21 bits per heavy atom. The second-order valence-electron chi connectivity index (χ2n) is 7.33. The molecule has 2 atom stereocenters. The van der Waals surface area contributed by atoms with Crippen molar-refractivity contribution in [2.75, 3.05) is 6.61 Å². The number of hydrogen-bond acceptors (Lipinski definition) is 4. The molecule has 2 heterocycles. The van der Waals surface area contributed by atoms with Gasteiger partial charge < -0.3 is 15.0 Å². The average molecular weight is 469 g/mol. The number of carbonyl (C=O) groups is 1. The molecular formula is C22H20F5N3O3. The van der Waals surface area contributed by atoms with Crippen molar-refractivity contribution >= 4 is 16.8 Å². The third kappa shape index (κ3) is 4.81. The molecule has 0 spiro atoms. The van der Waals surface area contributed by atoms with E-state index in [1.54, 1.807) is 6.92 Å². The quantitative estimate of drug-likeness (QED) is 0.517. The predicted molar refractivity (Wildman–Crippen MR) is 110 cm³/mol. The fraction of sp³-hybridized carbons (Fsp3) is 0.318. The van der Waals surface area contributed by atoms with Crippen LogP contribution in [-0.2, 0) is 11.0 Å². The van der Waals surface area contributed by atoms with Crippen LogP contribution >= 0.6 is 0 Å². The number of aromatic amines is 1. The summed E-state index contributed by atoms with van der Waals surface area (Å²) in [5.74, 6) is -4.62. The molecule has 0 fully saturated rings. The molecule has 2 aromatic heterocycles. The van der Waals surface area contributed by atoms with Crippen LogP contribution in [0.15, 0.2) is 35.3 Å². The minimum absolute atomic E-state index is 0.0225. The van der Waals surface area contributed by atoms with Gasteiger partial charge in [0.2, 0.25) is 11.8 Å². The van der Waals surface area contributed by atoms with Crippen molar-refractivity contribution in [2.24, 2.45) is 0 Å². The van der Waals surface area contributed by atoms with Crippen molar-refractivity contribution in [1.29, 1.82) is 0 Å². The SMILES string of the molecule is CCOc1nccc2[nH]c(=O)c([C@H](C)C(=O)N[C@@H](C)c3ccc(F)cc3F)c(C(F)(F)F)c12. The van der Waals surface area contributed by atoms with Crippen molar-refractivity contribution < 1.29 is 31.5 Å². The maximum Gasteiger partial charge on any atom is 0.417 e. The molecule has 3 rings (SSSR count). The summed E-state index contributed by atoms with van der Waals surface area (Å²) in [6, 6.07) is 2.92. The molecule has 0 aliphatic carbocycles. The number of aromatic nitrogens is 2. The Morgan fingerprint density at radius 3 is 2.52 bits per heavy atom. The van der Waals surface area contributed by atoms with Gasteiger partial charge in [0.05, 0.1) is 35.0 Å². The van der Waals surface area contributed by atoms with Crippen LogP contribution in [0.3, 0.4) is 0 Å². The third-order valence-corrected chi connectivity index (χ3v) is 5.11. The minimum Gasteiger partial charge on any atom is -0.477 e. The summed E-state index contributed by atoms with van der Waals surface area (Å²) in [6.45, 7) is 4.10. The van der Waals surface area contributed by atoms with Crippen molar-refractivity contribution in [1.82, 2.24) is 15.3 Å². The Morgan fingerprint density at radius 2 is 1.91 bits per heavy atom. The van der Waals surface area contributed by atoms with Gasteiger partial charge >= 0.3 is 6.18 Å². The molecule has 0 saturated carbocycles. The Kier molecular flexibility index (Phi) is 6.71. The lowest BCUT2D eigenvalue weighted by atomic mass is 9.93. The lowest BCUT2D eigenvalue weighted by molar-refractivity contribution is -0.137. The van der Waals surface area contributed by atoms with Crippen LogP contribution in [0, 0.1) is 11.6 Å². The van der Waals surface area contributed by atoms with E-state index in [1.165, 1.54) is 19.2 Å². The second kappa shape index (κ2) is 9.16. The van der Waals surface area contributed by atoms with E-state index in [0.29, 0.717) is 6.07 Å². The Labute approximate surface area is 184 Å². The number of amides is 1. The zero-order valence-corrected chi connectivity index (χ0v) is 17.8. The van der Waals surface area contributed by atoms with Crippen LogP contribution in [-0.4, -0.2) is 22.5 Å². The molecule has 0 saturated heterocycles. The number of hydrogen-bond donors (Lipinski definition) is 2. The molecule has 6 nitrogen and oxygen atoms in total. The fourth-order valence-electron chi connectivity index (χ4n) is 3.58. The molecule has 1 aromatic carbocycles. The van der Waals surface area contributed by atoms with Crippen LogP contribution in [0.4, 0.5) is 22.0 Å². The van der Waals surface area contributed by atoms with E-state index < -0.39 is 57.8 Å². The summed E-state index contributed by atoms with van der Waals surface area (Å²) >= 11 is 0. The lowest BCUT2D eigenvalue weighted by Crippen LogP contribution is -2.35. The first-order chi connectivity index (χ1) is 15.5. The third-order valence-electron chi connectivity index (χ3n) is 5.11. The van der Waals surface area contributed by atoms with Gasteiger partial charge in [-0.05, 0) is 32.9 Å². The summed E-state index contributed by atoms with van der Waals surface area (Å²) in [5, 5.41) is 1.91. The zero-order valence-electron chi connectivity index (χ0n) is 17.8. The predicted octanol–water partition coefficient (Wildman–Crippen LogP) is 4.60. The number of H-pyrrole nitrogens is 1. The average Bonchev–Trinajstić information content (AvgIpc) is 2.71. The Balaban J connectivity index is 2.10. The Hall–Kier alpha value is -3.50. The van der Waals surface area contributed by atoms with Gasteiger partial charge in [-0.15, -0.1) is 0 Å². The highest BCUT2D eigenvalue weighted by Gasteiger charge is 2.41. The molecule has 0 radical (unpaired) electrons. The first-order valence-electron chi connectivity index (χ1n) is 9.95. The first-order valence-corrected chi connectivity index (χ1v) is 9.95. The van der Waals surface area contributed by atoms with Crippen LogP contribution in [0.1, 0.15) is 49.4 Å². The number of benzene rings is 1. The number of halogens is 5. The number of rotatable bonds is 6. The Bertz CT molecular complexity index is 1260. The van der Waals surface area contributed by atoms with E-state index in [2.05, 4.69) is 15.3 Å². The van der Waals surface area contributed by atoms with Crippen molar-refractivity contribution in [3.8, 4) is 5.88 Å². The van der Waals surface area contributed by atoms with E-state index in [0.717, 1.165) is 19.1 Å². The van der Waals surface area contributed by atoms with E-state index in [9.17, 15) is 31.5 Å². The van der Waals surface area contributed by atoms with Gasteiger partial charge in [0.1, 0.15) is 11.6 Å². The van der Waals surface area contributed by atoms with E-state index in [-0.39, 0.29) is 23.6 Å². The largest absolute Gasteiger partial charge is 0.477 e. The van der Waals surface area contributed by atoms with E-state index in [1.807, 2.05) is 0 Å². The van der Waals surface area contributed by atoms with Gasteiger partial charge in [-0.2, -0.15) is 13.2 Å². The molecule has 0 aliphatic rings. The highest BCUT2D eigenvalue weighted by atomic mass is 19.4. The summed E-state index contributed by atoms with van der Waals surface area (Å²) < 4.78 is 74.9. The lowest BCUT2D eigenvalue weighted by Gasteiger charge is -2.22. The molecule has 176 valence electrons. The molecule has 0 unspecified atom stereocenters. The maximum atomic E-state index is 14.2. The van der Waals surface area contributed by atoms with Crippen LogP contribution < -0.4 is 15.6 Å². The number of pyridine rings is 2.